The highest BCUT2D eigenvalue weighted by molar-refractivity contribution is 7.87. The number of ether oxygens (including phenoxy) is 3. The maximum Gasteiger partial charge on any atom is 0.523 e. The van der Waals surface area contributed by atoms with Crippen LogP contribution in [-0.4, -0.2) is 68.6 Å². The number of nitrogens with one attached hydrogen (secondary N) is 1. The second kappa shape index (κ2) is 12.5. The van der Waals surface area contributed by atoms with E-state index in [0.717, 1.165) is 24.3 Å². The Hall–Kier alpha value is -2.23. The maximum absolute atomic E-state index is 13.4. The van der Waals surface area contributed by atoms with E-state index in [9.17, 15) is 36.0 Å². The highest BCUT2D eigenvalue weighted by Crippen LogP contribution is 2.50. The summed E-state index contributed by atoms with van der Waals surface area (Å²) in [7, 11) is -5.13. The number of unbranched alkanes of at least 4 members (excludes halogenated alkanes) is 2. The number of aromatic amines is 1. The second-order valence-corrected chi connectivity index (χ2v) is 10.5. The Morgan fingerprint density at radius 2 is 1.81 bits per heavy atom. The number of hydrogen-bond acceptors (Lipinski definition) is 9. The van der Waals surface area contributed by atoms with Gasteiger partial charge in [0, 0.05) is 25.0 Å². The summed E-state index contributed by atoms with van der Waals surface area (Å²) in [6.07, 6.45) is -0.516. The standard InChI is InChI=1S/C22H33F3N2O9S/c1-5-7-9-34-13-21(19(29)33-4)11-15(27-12-14(3)18(28)26-20(27)30)16(17(21)35-10-8-6-2)36-37(31,32)22(23,24)25/h12,15-17H,5-11,13H2,1-4H3,(H,26,28,30)/t15-,16+,17+,21+/m1/s1. The van der Waals surface area contributed by atoms with Crippen molar-refractivity contribution in [3.05, 3.63) is 32.6 Å². The van der Waals surface area contributed by atoms with Gasteiger partial charge in [-0.15, -0.1) is 0 Å². The van der Waals surface area contributed by atoms with E-state index in [2.05, 4.69) is 4.18 Å². The predicted octanol–water partition coefficient (Wildman–Crippen LogP) is 2.19. The summed E-state index contributed by atoms with van der Waals surface area (Å²) in [6, 6.07) is -1.47. The van der Waals surface area contributed by atoms with Gasteiger partial charge in [-0.3, -0.25) is 23.3 Å². The quantitative estimate of drug-likeness (QED) is 0.167. The molecule has 1 aromatic heterocycles. The Morgan fingerprint density at radius 1 is 1.19 bits per heavy atom. The fourth-order valence-electron chi connectivity index (χ4n) is 4.24. The average Bonchev–Trinajstić information content (AvgIpc) is 3.11. The lowest BCUT2D eigenvalue weighted by atomic mass is 9.84. The van der Waals surface area contributed by atoms with Gasteiger partial charge in [-0.1, -0.05) is 26.7 Å². The molecule has 0 unspecified atom stereocenters. The normalized spacial score (nSPS) is 24.4. The van der Waals surface area contributed by atoms with Crippen molar-refractivity contribution in [2.24, 2.45) is 5.41 Å². The van der Waals surface area contributed by atoms with Crippen LogP contribution in [0.2, 0.25) is 0 Å². The lowest BCUT2D eigenvalue weighted by molar-refractivity contribution is -0.172. The summed E-state index contributed by atoms with van der Waals surface area (Å²) < 4.78 is 86.3. The minimum absolute atomic E-state index is 0.0234. The summed E-state index contributed by atoms with van der Waals surface area (Å²) >= 11 is 0. The first-order chi connectivity index (χ1) is 17.3. The van der Waals surface area contributed by atoms with Crippen LogP contribution in [0, 0.1) is 12.3 Å². The number of H-pyrrole nitrogens is 1. The molecule has 1 aliphatic rings. The number of esters is 1. The first-order valence-electron chi connectivity index (χ1n) is 11.8. The fourth-order valence-corrected chi connectivity index (χ4v) is 4.87. The van der Waals surface area contributed by atoms with Crippen molar-refractivity contribution in [1.29, 1.82) is 0 Å². The van der Waals surface area contributed by atoms with Crippen molar-refractivity contribution < 1.29 is 44.8 Å². The van der Waals surface area contributed by atoms with Gasteiger partial charge in [-0.25, -0.2) is 4.79 Å². The molecule has 2 rings (SSSR count). The van der Waals surface area contributed by atoms with Gasteiger partial charge in [-0.2, -0.15) is 21.6 Å². The van der Waals surface area contributed by atoms with Crippen molar-refractivity contribution in [2.45, 2.75) is 76.6 Å². The van der Waals surface area contributed by atoms with Crippen LogP contribution in [0.1, 0.15) is 57.6 Å². The smallest absolute Gasteiger partial charge is 0.468 e. The summed E-state index contributed by atoms with van der Waals surface area (Å²) in [6.45, 7) is 4.84. The van der Waals surface area contributed by atoms with Crippen molar-refractivity contribution >= 4 is 16.1 Å². The summed E-state index contributed by atoms with van der Waals surface area (Å²) in [5.74, 6) is -0.930. The van der Waals surface area contributed by atoms with Gasteiger partial charge in [-0.05, 0) is 26.2 Å². The fraction of sp³-hybridized carbons (Fsp3) is 0.773. The molecule has 1 saturated carbocycles. The van der Waals surface area contributed by atoms with Crippen LogP contribution in [0.4, 0.5) is 13.2 Å². The van der Waals surface area contributed by atoms with E-state index < -0.39 is 69.5 Å². The number of carbonyl (C=O) groups excluding carboxylic acids is 1. The van der Waals surface area contributed by atoms with E-state index in [0.29, 0.717) is 19.3 Å². The SMILES string of the molecule is CCCCOC[C@@]1(C(=O)OC)C[C@@H](n2cc(C)c(=O)[nH]c2=O)[C@H](OS(=O)(=O)C(F)(F)F)[C@@H]1OCCCC. The average molecular weight is 559 g/mol. The summed E-state index contributed by atoms with van der Waals surface area (Å²) in [5.41, 5.74) is -9.35. The molecule has 37 heavy (non-hydrogen) atoms. The summed E-state index contributed by atoms with van der Waals surface area (Å²) in [4.78, 5) is 39.8. The number of methoxy groups -OCH3 is 1. The number of nitrogens with zero attached hydrogens (tertiary/aromatic N) is 1. The maximum atomic E-state index is 13.4. The second-order valence-electron chi connectivity index (χ2n) is 8.91. The van der Waals surface area contributed by atoms with E-state index in [1.165, 1.54) is 6.92 Å². The third-order valence-electron chi connectivity index (χ3n) is 6.21. The van der Waals surface area contributed by atoms with Gasteiger partial charge in [0.25, 0.3) is 5.56 Å². The Morgan fingerprint density at radius 3 is 2.38 bits per heavy atom. The van der Waals surface area contributed by atoms with E-state index in [4.69, 9.17) is 14.2 Å². The van der Waals surface area contributed by atoms with Crippen LogP contribution in [-0.2, 0) is 33.3 Å². The van der Waals surface area contributed by atoms with E-state index in [1.54, 1.807) is 0 Å². The van der Waals surface area contributed by atoms with E-state index in [-0.39, 0.29) is 18.8 Å². The largest absolute Gasteiger partial charge is 0.523 e. The molecule has 4 atom stereocenters. The number of rotatable bonds is 13. The molecule has 1 aromatic rings. The molecule has 0 amide bonds. The number of aryl methyl sites for hydroxylation is 1. The molecule has 15 heteroatoms. The molecule has 212 valence electrons. The van der Waals surface area contributed by atoms with Crippen molar-refractivity contribution in [1.82, 2.24) is 9.55 Å². The molecule has 1 fully saturated rings. The molecule has 1 aliphatic carbocycles. The molecule has 0 saturated heterocycles. The minimum Gasteiger partial charge on any atom is -0.468 e. The van der Waals surface area contributed by atoms with Gasteiger partial charge in [0.1, 0.15) is 17.6 Å². The third-order valence-corrected chi connectivity index (χ3v) is 7.25. The highest BCUT2D eigenvalue weighted by atomic mass is 32.2. The first-order valence-corrected chi connectivity index (χ1v) is 13.3. The third kappa shape index (κ3) is 6.81. The molecule has 1 heterocycles. The van der Waals surface area contributed by atoms with Crippen LogP contribution >= 0.6 is 0 Å². The highest BCUT2D eigenvalue weighted by Gasteiger charge is 2.64. The molecular formula is C22H33F3N2O9S. The molecule has 0 radical (unpaired) electrons. The lowest BCUT2D eigenvalue weighted by Gasteiger charge is -2.34. The van der Waals surface area contributed by atoms with Gasteiger partial charge in [0.2, 0.25) is 0 Å². The first kappa shape index (κ1) is 31.0. The number of halogens is 3. The molecule has 0 spiro atoms. The van der Waals surface area contributed by atoms with Gasteiger partial charge >= 0.3 is 27.3 Å². The zero-order valence-corrected chi connectivity index (χ0v) is 21.9. The van der Waals surface area contributed by atoms with Crippen molar-refractivity contribution in [3.8, 4) is 0 Å². The van der Waals surface area contributed by atoms with Crippen LogP contribution in [0.25, 0.3) is 0 Å². The Bertz CT molecular complexity index is 1150. The molecule has 11 nitrogen and oxygen atoms in total. The molecule has 0 aliphatic heterocycles. The topological polar surface area (TPSA) is 143 Å². The lowest BCUT2D eigenvalue weighted by Crippen LogP contribution is -2.50. The van der Waals surface area contributed by atoms with Crippen LogP contribution < -0.4 is 11.2 Å². The Labute approximate surface area is 212 Å². The van der Waals surface area contributed by atoms with Crippen molar-refractivity contribution in [2.75, 3.05) is 26.9 Å². The number of carbonyl (C=O) groups is 1. The van der Waals surface area contributed by atoms with Crippen LogP contribution in [0.3, 0.4) is 0 Å². The van der Waals surface area contributed by atoms with Crippen LogP contribution in [0.15, 0.2) is 15.8 Å². The monoisotopic (exact) mass is 558 g/mol. The summed E-state index contributed by atoms with van der Waals surface area (Å²) in [5, 5.41) is 0. The van der Waals surface area contributed by atoms with Gasteiger partial charge in [0.05, 0.1) is 19.8 Å². The predicted molar refractivity (Wildman–Crippen MR) is 124 cm³/mol. The van der Waals surface area contributed by atoms with Gasteiger partial charge in [0.15, 0.2) is 0 Å². The zero-order chi connectivity index (χ0) is 28.0. The molecule has 0 aromatic carbocycles. The molecule has 1 N–H and O–H groups in total. The van der Waals surface area contributed by atoms with E-state index >= 15 is 0 Å². The van der Waals surface area contributed by atoms with Gasteiger partial charge < -0.3 is 14.2 Å². The number of aromatic nitrogens is 2. The Balaban J connectivity index is 2.74. The van der Waals surface area contributed by atoms with Crippen LogP contribution in [0.5, 0.6) is 0 Å². The molecular weight excluding hydrogens is 525 g/mol. The zero-order valence-electron chi connectivity index (χ0n) is 21.1. The number of alkyl halides is 3. The number of hydrogen-bond donors (Lipinski definition) is 1. The van der Waals surface area contributed by atoms with E-state index in [1.807, 2.05) is 18.8 Å². The Kier molecular flexibility index (Phi) is 10.5. The molecule has 0 bridgehead atoms. The minimum atomic E-state index is -6.19. The van der Waals surface area contributed by atoms with Crippen molar-refractivity contribution in [3.63, 3.8) is 0 Å².